The lowest BCUT2D eigenvalue weighted by Gasteiger charge is -2.56. The molecular weight excluding hydrogens is 388 g/mol. The fourth-order valence-corrected chi connectivity index (χ4v) is 5.68. The van der Waals surface area contributed by atoms with Gasteiger partial charge in [-0.3, -0.25) is 9.69 Å². The minimum absolute atomic E-state index is 0.0716. The summed E-state index contributed by atoms with van der Waals surface area (Å²) >= 11 is 0. The van der Waals surface area contributed by atoms with Gasteiger partial charge in [0.2, 0.25) is 0 Å². The molecule has 0 spiro atoms. The SMILES string of the molecule is Cc1c(F)c(C(=O)CN2C3C[C@H]4CC2C[C@H](C3)O4)c(C)n1-c1ccc(C#N)c(F)c1. The van der Waals surface area contributed by atoms with Crippen LogP contribution in [0.3, 0.4) is 0 Å². The first-order chi connectivity index (χ1) is 14.4. The maximum atomic E-state index is 15.2. The Morgan fingerprint density at radius 3 is 2.33 bits per heavy atom. The Morgan fingerprint density at radius 1 is 1.13 bits per heavy atom. The molecule has 5 nitrogen and oxygen atoms in total. The summed E-state index contributed by atoms with van der Waals surface area (Å²) < 4.78 is 36.8. The highest BCUT2D eigenvalue weighted by atomic mass is 19.1. The highest BCUT2D eigenvalue weighted by Crippen LogP contribution is 2.42. The van der Waals surface area contributed by atoms with Crippen LogP contribution in [0.15, 0.2) is 18.2 Å². The van der Waals surface area contributed by atoms with E-state index in [-0.39, 0.29) is 29.1 Å². The molecule has 6 rings (SSSR count). The third kappa shape index (κ3) is 2.90. The van der Waals surface area contributed by atoms with E-state index < -0.39 is 11.6 Å². The van der Waals surface area contributed by atoms with Gasteiger partial charge in [0.15, 0.2) is 11.6 Å². The van der Waals surface area contributed by atoms with Crippen LogP contribution in [0.25, 0.3) is 5.69 Å². The van der Waals surface area contributed by atoms with E-state index in [9.17, 15) is 9.18 Å². The van der Waals surface area contributed by atoms with Gasteiger partial charge in [0, 0.05) is 23.5 Å². The van der Waals surface area contributed by atoms with Crippen LogP contribution in [0.2, 0.25) is 0 Å². The van der Waals surface area contributed by atoms with Gasteiger partial charge < -0.3 is 9.30 Å². The summed E-state index contributed by atoms with van der Waals surface area (Å²) in [5.74, 6) is -1.47. The first kappa shape index (κ1) is 19.4. The molecule has 0 radical (unpaired) electrons. The molecule has 2 aromatic rings. The second-order valence-electron chi connectivity index (χ2n) is 8.70. The number of Topliss-reactive ketones (excluding diaryl/α,β-unsaturated/α-hetero) is 1. The van der Waals surface area contributed by atoms with Crippen molar-refractivity contribution in [2.45, 2.75) is 63.8 Å². The van der Waals surface area contributed by atoms with E-state index in [0.29, 0.717) is 35.7 Å². The molecule has 156 valence electrons. The third-order valence-electron chi connectivity index (χ3n) is 6.97. The summed E-state index contributed by atoms with van der Waals surface area (Å²) in [7, 11) is 0. The number of benzene rings is 1. The first-order valence-electron chi connectivity index (χ1n) is 10.4. The average Bonchev–Trinajstić information content (AvgIpc) is 2.92. The van der Waals surface area contributed by atoms with Gasteiger partial charge >= 0.3 is 0 Å². The zero-order chi connectivity index (χ0) is 21.2. The number of nitrogens with zero attached hydrogens (tertiary/aromatic N) is 3. The second kappa shape index (κ2) is 7.00. The highest BCUT2D eigenvalue weighted by molar-refractivity contribution is 5.99. The van der Waals surface area contributed by atoms with Crippen molar-refractivity contribution >= 4 is 5.78 Å². The van der Waals surface area contributed by atoms with Crippen molar-refractivity contribution in [3.8, 4) is 11.8 Å². The van der Waals surface area contributed by atoms with Gasteiger partial charge in [-0.25, -0.2) is 8.78 Å². The molecule has 4 aliphatic rings. The standard InChI is InChI=1S/C23H23F2N3O2/c1-12-22(21(29)11-27-16-5-18-7-17(27)8-19(6-16)30-18)23(25)13(2)28(12)15-4-3-14(10-26)20(24)9-15/h3-4,9,16-19H,5-8,11H2,1-2H3/t16?,17?,18-,19-. The van der Waals surface area contributed by atoms with E-state index in [1.54, 1.807) is 30.6 Å². The van der Waals surface area contributed by atoms with E-state index in [4.69, 9.17) is 10.00 Å². The molecule has 0 aliphatic carbocycles. The Kier molecular flexibility index (Phi) is 4.53. The minimum atomic E-state index is -0.669. The molecule has 4 saturated heterocycles. The number of piperidine rings is 2. The molecule has 1 aromatic carbocycles. The van der Waals surface area contributed by atoms with Crippen LogP contribution < -0.4 is 0 Å². The van der Waals surface area contributed by atoms with E-state index >= 15 is 4.39 Å². The molecular formula is C23H23F2N3O2. The Hall–Kier alpha value is -2.56. The lowest BCUT2D eigenvalue weighted by Crippen LogP contribution is -2.63. The topological polar surface area (TPSA) is 58.3 Å². The molecule has 0 amide bonds. The molecule has 5 heterocycles. The molecule has 0 atom stereocenters. The molecule has 7 heteroatoms. The summed E-state index contributed by atoms with van der Waals surface area (Å²) in [6, 6.07) is 6.56. The molecule has 4 aliphatic heterocycles. The van der Waals surface area contributed by atoms with Crippen molar-refractivity contribution in [2.24, 2.45) is 0 Å². The summed E-state index contributed by atoms with van der Waals surface area (Å²) in [6.45, 7) is 3.45. The van der Waals surface area contributed by atoms with Crippen molar-refractivity contribution in [3.63, 3.8) is 0 Å². The molecule has 0 saturated carbocycles. The van der Waals surface area contributed by atoms with E-state index in [0.717, 1.165) is 25.7 Å². The van der Waals surface area contributed by atoms with E-state index in [1.807, 2.05) is 0 Å². The van der Waals surface area contributed by atoms with Crippen molar-refractivity contribution < 1.29 is 18.3 Å². The number of carbonyl (C=O) groups is 1. The molecule has 4 bridgehead atoms. The Balaban J connectivity index is 1.45. The summed E-state index contributed by atoms with van der Waals surface area (Å²) in [5.41, 5.74) is 1.10. The van der Waals surface area contributed by atoms with Gasteiger partial charge in [-0.15, -0.1) is 0 Å². The second-order valence-corrected chi connectivity index (χ2v) is 8.70. The number of nitriles is 1. The van der Waals surface area contributed by atoms with Crippen molar-refractivity contribution in [3.05, 3.63) is 52.3 Å². The van der Waals surface area contributed by atoms with Crippen molar-refractivity contribution in [1.82, 2.24) is 9.47 Å². The fourth-order valence-electron chi connectivity index (χ4n) is 5.68. The van der Waals surface area contributed by atoms with Crippen LogP contribution >= 0.6 is 0 Å². The summed E-state index contributed by atoms with van der Waals surface area (Å²) in [5, 5.41) is 8.94. The quantitative estimate of drug-likeness (QED) is 0.718. The summed E-state index contributed by atoms with van der Waals surface area (Å²) in [6.07, 6.45) is 4.34. The van der Waals surface area contributed by atoms with E-state index in [2.05, 4.69) is 4.90 Å². The normalized spacial score (nSPS) is 27.4. The maximum Gasteiger partial charge on any atom is 0.181 e. The highest BCUT2D eigenvalue weighted by Gasteiger charge is 2.48. The van der Waals surface area contributed by atoms with Gasteiger partial charge in [0.25, 0.3) is 0 Å². The Labute approximate surface area is 173 Å². The van der Waals surface area contributed by atoms with Crippen LogP contribution in [-0.4, -0.2) is 46.1 Å². The largest absolute Gasteiger partial charge is 0.375 e. The zero-order valence-corrected chi connectivity index (χ0v) is 17.0. The average molecular weight is 411 g/mol. The number of rotatable bonds is 4. The Bertz CT molecular complexity index is 1060. The lowest BCUT2D eigenvalue weighted by molar-refractivity contribution is -0.179. The van der Waals surface area contributed by atoms with Crippen LogP contribution in [0.4, 0.5) is 8.78 Å². The Morgan fingerprint density at radius 2 is 1.77 bits per heavy atom. The molecule has 30 heavy (non-hydrogen) atoms. The van der Waals surface area contributed by atoms with Crippen molar-refractivity contribution in [2.75, 3.05) is 6.54 Å². The number of hydrogen-bond acceptors (Lipinski definition) is 4. The number of ketones is 1. The molecule has 1 aromatic heterocycles. The molecule has 4 fully saturated rings. The number of halogens is 2. The fraction of sp³-hybridized carbons (Fsp3) is 0.478. The zero-order valence-electron chi connectivity index (χ0n) is 17.0. The maximum absolute atomic E-state index is 15.2. The molecule has 0 N–H and O–H groups in total. The number of hydrogen-bond donors (Lipinski definition) is 0. The van der Waals surface area contributed by atoms with Gasteiger partial charge in [-0.05, 0) is 57.7 Å². The van der Waals surface area contributed by atoms with Crippen LogP contribution in [-0.2, 0) is 4.74 Å². The smallest absolute Gasteiger partial charge is 0.181 e. The van der Waals surface area contributed by atoms with Gasteiger partial charge in [0.05, 0.1) is 35.6 Å². The lowest BCUT2D eigenvalue weighted by atomic mass is 9.78. The number of ether oxygens (including phenoxy) is 1. The van der Waals surface area contributed by atoms with Gasteiger partial charge in [-0.1, -0.05) is 0 Å². The first-order valence-corrected chi connectivity index (χ1v) is 10.4. The predicted octanol–water partition coefficient (Wildman–Crippen LogP) is 3.82. The third-order valence-corrected chi connectivity index (χ3v) is 6.97. The number of carbonyl (C=O) groups excluding carboxylic acids is 1. The van der Waals surface area contributed by atoms with Gasteiger partial charge in [-0.2, -0.15) is 5.26 Å². The predicted molar refractivity (Wildman–Crippen MR) is 106 cm³/mol. The molecule has 0 unspecified atom stereocenters. The minimum Gasteiger partial charge on any atom is -0.375 e. The number of aromatic nitrogens is 1. The van der Waals surface area contributed by atoms with Crippen LogP contribution in [0.1, 0.15) is 53.0 Å². The van der Waals surface area contributed by atoms with Crippen LogP contribution in [0.5, 0.6) is 0 Å². The monoisotopic (exact) mass is 411 g/mol. The van der Waals surface area contributed by atoms with Gasteiger partial charge in [0.1, 0.15) is 11.9 Å². The van der Waals surface area contributed by atoms with E-state index in [1.165, 1.54) is 12.1 Å². The van der Waals surface area contributed by atoms with Crippen molar-refractivity contribution in [1.29, 1.82) is 5.26 Å². The summed E-state index contributed by atoms with van der Waals surface area (Å²) in [4.78, 5) is 15.4. The van der Waals surface area contributed by atoms with Crippen LogP contribution in [0, 0.1) is 36.8 Å².